The van der Waals surface area contributed by atoms with Crippen molar-refractivity contribution in [2.75, 3.05) is 44.7 Å². The maximum atomic E-state index is 13.7. The van der Waals surface area contributed by atoms with Crippen molar-refractivity contribution >= 4 is 45.2 Å². The molecule has 2 aromatic carbocycles. The maximum absolute atomic E-state index is 13.7. The van der Waals surface area contributed by atoms with Crippen LogP contribution in [0.25, 0.3) is 33.0 Å². The molecule has 0 radical (unpaired) electrons. The number of fused-ring (bicyclic) bond motifs is 3. The van der Waals surface area contributed by atoms with Crippen molar-refractivity contribution in [1.82, 2.24) is 19.8 Å². The lowest BCUT2D eigenvalue weighted by Crippen LogP contribution is -2.55. The van der Waals surface area contributed by atoms with E-state index in [9.17, 15) is 23.2 Å². The van der Waals surface area contributed by atoms with Gasteiger partial charge in [-0.05, 0) is 68.4 Å². The molecule has 6 rings (SSSR count). The number of amides is 1. The van der Waals surface area contributed by atoms with Crippen LogP contribution >= 0.6 is 11.6 Å². The van der Waals surface area contributed by atoms with Crippen LogP contribution in [0.3, 0.4) is 0 Å². The van der Waals surface area contributed by atoms with Crippen LogP contribution in [0.1, 0.15) is 24.8 Å². The van der Waals surface area contributed by atoms with Crippen LogP contribution in [-0.2, 0) is 11.0 Å². The molecule has 4 aromatic rings. The van der Waals surface area contributed by atoms with E-state index >= 15 is 0 Å². The predicted molar refractivity (Wildman–Crippen MR) is 164 cm³/mol. The Morgan fingerprint density at radius 1 is 1.20 bits per heavy atom. The molecule has 2 aliphatic heterocycles. The highest BCUT2D eigenvalue weighted by Gasteiger charge is 2.34. The van der Waals surface area contributed by atoms with Gasteiger partial charge in [0.25, 0.3) is 0 Å². The molecule has 2 aromatic heterocycles. The van der Waals surface area contributed by atoms with Gasteiger partial charge in [-0.3, -0.25) is 4.79 Å². The zero-order valence-corrected chi connectivity index (χ0v) is 25.2. The number of rotatable bonds is 7. The first-order chi connectivity index (χ1) is 21.6. The largest absolute Gasteiger partial charge is 0.463 e. The summed E-state index contributed by atoms with van der Waals surface area (Å²) in [5.74, 6) is 0.216. The number of hydrogen-bond acceptors (Lipinski definition) is 8. The van der Waals surface area contributed by atoms with E-state index in [4.69, 9.17) is 30.7 Å². The van der Waals surface area contributed by atoms with E-state index in [0.29, 0.717) is 59.5 Å². The third kappa shape index (κ3) is 5.90. The average Bonchev–Trinajstić information content (AvgIpc) is 3.68. The van der Waals surface area contributed by atoms with Gasteiger partial charge in [0.05, 0.1) is 41.3 Å². The minimum absolute atomic E-state index is 0.102. The lowest BCUT2D eigenvalue weighted by atomic mass is 9.97. The number of anilines is 1. The van der Waals surface area contributed by atoms with Crippen LogP contribution in [0.15, 0.2) is 53.7 Å². The van der Waals surface area contributed by atoms with Gasteiger partial charge in [0.1, 0.15) is 18.0 Å². The summed E-state index contributed by atoms with van der Waals surface area (Å²) in [5.41, 5.74) is 0.525. The highest BCUT2D eigenvalue weighted by molar-refractivity contribution is 6.34. The fourth-order valence-electron chi connectivity index (χ4n) is 6.22. The van der Waals surface area contributed by atoms with Gasteiger partial charge in [-0.25, -0.2) is 0 Å². The number of furan rings is 1. The van der Waals surface area contributed by atoms with Crippen LogP contribution in [0.4, 0.5) is 19.0 Å². The molecular weight excluding hydrogens is 609 g/mol. The number of carbonyl (C=O) groups is 1. The summed E-state index contributed by atoms with van der Waals surface area (Å²) in [6.07, 6.45) is 0.254. The SMILES string of the molecule is C=CC(=O)N1CCN(c2nc(OC[C@@H]3CCCN3C)nc3cc(-c4cc(C(F)(F)F)ccc4Cl)c4ccoc4c23)C[C@@H]1CC#N. The summed E-state index contributed by atoms with van der Waals surface area (Å²) in [6.45, 7) is 5.92. The second-order valence-electron chi connectivity index (χ2n) is 11.3. The van der Waals surface area contributed by atoms with Crippen molar-refractivity contribution in [2.24, 2.45) is 0 Å². The van der Waals surface area contributed by atoms with E-state index in [1.54, 1.807) is 17.0 Å². The van der Waals surface area contributed by atoms with Gasteiger partial charge in [-0.15, -0.1) is 0 Å². The number of carbonyl (C=O) groups excluding carboxylic acids is 1. The third-order valence-corrected chi connectivity index (χ3v) is 8.92. The molecule has 4 heterocycles. The van der Waals surface area contributed by atoms with E-state index in [1.807, 2.05) is 11.9 Å². The number of alkyl halides is 3. The highest BCUT2D eigenvalue weighted by Crippen LogP contribution is 2.43. The van der Waals surface area contributed by atoms with E-state index < -0.39 is 17.8 Å². The fourth-order valence-corrected chi connectivity index (χ4v) is 6.44. The summed E-state index contributed by atoms with van der Waals surface area (Å²) in [7, 11) is 2.03. The Morgan fingerprint density at radius 3 is 2.73 bits per heavy atom. The molecule has 13 heteroatoms. The Bertz CT molecular complexity index is 1820. The number of nitriles is 1. The van der Waals surface area contributed by atoms with Gasteiger partial charge in [-0.1, -0.05) is 18.2 Å². The maximum Gasteiger partial charge on any atom is 0.416 e. The number of likely N-dealkylation sites (N-methyl/N-ethyl adjacent to an activating group) is 1. The number of benzene rings is 2. The van der Waals surface area contributed by atoms with Crippen molar-refractivity contribution in [2.45, 2.75) is 37.5 Å². The van der Waals surface area contributed by atoms with Crippen LogP contribution in [-0.4, -0.2) is 77.6 Å². The Morgan fingerprint density at radius 2 is 2.02 bits per heavy atom. The summed E-state index contributed by atoms with van der Waals surface area (Å²) in [6, 6.07) is 8.58. The molecular formula is C32H30ClF3N6O3. The first-order valence-electron chi connectivity index (χ1n) is 14.6. The van der Waals surface area contributed by atoms with E-state index in [2.05, 4.69) is 17.5 Å². The number of piperazine rings is 1. The van der Waals surface area contributed by atoms with Crippen LogP contribution in [0.5, 0.6) is 6.01 Å². The Labute approximate surface area is 262 Å². The van der Waals surface area contributed by atoms with Crippen LogP contribution in [0, 0.1) is 11.3 Å². The predicted octanol–water partition coefficient (Wildman–Crippen LogP) is 6.31. The van der Waals surface area contributed by atoms with Crippen molar-refractivity contribution in [3.63, 3.8) is 0 Å². The van der Waals surface area contributed by atoms with E-state index in [0.717, 1.165) is 31.5 Å². The van der Waals surface area contributed by atoms with Gasteiger partial charge in [0.15, 0.2) is 0 Å². The van der Waals surface area contributed by atoms with Crippen LogP contribution < -0.4 is 9.64 Å². The van der Waals surface area contributed by atoms with Gasteiger partial charge in [-0.2, -0.15) is 28.4 Å². The van der Waals surface area contributed by atoms with E-state index in [-0.39, 0.29) is 35.0 Å². The summed E-state index contributed by atoms with van der Waals surface area (Å²) in [4.78, 5) is 27.9. The molecule has 0 saturated carbocycles. The first kappa shape index (κ1) is 30.7. The fraction of sp³-hybridized carbons (Fsp3) is 0.375. The second kappa shape index (κ2) is 12.2. The zero-order chi connectivity index (χ0) is 31.9. The molecule has 1 amide bonds. The number of ether oxygens (including phenoxy) is 1. The van der Waals surface area contributed by atoms with Gasteiger partial charge < -0.3 is 23.9 Å². The Balaban J connectivity index is 1.51. The molecule has 2 fully saturated rings. The minimum atomic E-state index is -4.56. The lowest BCUT2D eigenvalue weighted by molar-refractivity contribution is -0.137. The first-order valence-corrected chi connectivity index (χ1v) is 14.9. The number of aromatic nitrogens is 2. The number of hydrogen-bond donors (Lipinski definition) is 0. The topological polar surface area (TPSA) is 98.7 Å². The molecule has 0 N–H and O–H groups in total. The van der Waals surface area contributed by atoms with Crippen molar-refractivity contribution in [1.29, 1.82) is 5.26 Å². The number of likely N-dealkylation sites (tertiary alicyclic amines) is 1. The summed E-state index contributed by atoms with van der Waals surface area (Å²) < 4.78 is 53.2. The second-order valence-corrected chi connectivity index (χ2v) is 11.7. The van der Waals surface area contributed by atoms with Gasteiger partial charge in [0.2, 0.25) is 5.91 Å². The molecule has 45 heavy (non-hydrogen) atoms. The van der Waals surface area contributed by atoms with Crippen molar-refractivity contribution < 1.29 is 27.1 Å². The number of halogens is 4. The normalized spacial score (nSPS) is 19.3. The monoisotopic (exact) mass is 638 g/mol. The highest BCUT2D eigenvalue weighted by atomic mass is 35.5. The standard InChI is InChI=1S/C32H30ClF3N6O3/c1-3-27(43)42-13-12-41(17-20(42)8-10-37)30-28-26(38-31(39-30)45-18-21-5-4-11-40(21)2)16-23(22-9-14-44-29(22)28)24-15-19(32(34,35)36)6-7-25(24)33/h3,6-7,9,14-16,20-21H,1,4-5,8,11-13,17-18H2,2H3/t20-,21-/m0/s1. The average molecular weight is 639 g/mol. The molecule has 2 saturated heterocycles. The van der Waals surface area contributed by atoms with E-state index in [1.165, 1.54) is 18.4 Å². The van der Waals surface area contributed by atoms with Gasteiger partial charge >= 0.3 is 12.2 Å². The molecule has 9 nitrogen and oxygen atoms in total. The Kier molecular flexibility index (Phi) is 8.33. The molecule has 2 aliphatic rings. The third-order valence-electron chi connectivity index (χ3n) is 8.59. The summed E-state index contributed by atoms with van der Waals surface area (Å²) >= 11 is 6.48. The molecule has 0 aliphatic carbocycles. The molecule has 234 valence electrons. The summed E-state index contributed by atoms with van der Waals surface area (Å²) in [5, 5.41) is 10.7. The van der Waals surface area contributed by atoms with Crippen molar-refractivity contribution in [3.05, 3.63) is 59.8 Å². The molecule has 0 bridgehead atoms. The molecule has 0 unspecified atom stereocenters. The number of nitrogens with zero attached hydrogens (tertiary/aromatic N) is 6. The minimum Gasteiger partial charge on any atom is -0.463 e. The van der Waals surface area contributed by atoms with Crippen molar-refractivity contribution in [3.8, 4) is 23.2 Å². The quantitative estimate of drug-likeness (QED) is 0.217. The smallest absolute Gasteiger partial charge is 0.416 e. The van der Waals surface area contributed by atoms with Crippen LogP contribution in [0.2, 0.25) is 5.02 Å². The molecule has 2 atom stereocenters. The van der Waals surface area contributed by atoms with Gasteiger partial charge in [0, 0.05) is 41.6 Å². The molecule has 0 spiro atoms. The lowest BCUT2D eigenvalue weighted by Gasteiger charge is -2.41. The zero-order valence-electron chi connectivity index (χ0n) is 24.5. The Hall–Kier alpha value is -4.34.